The lowest BCUT2D eigenvalue weighted by molar-refractivity contribution is 0.513. The van der Waals surface area contributed by atoms with Crippen LogP contribution in [-0.4, -0.2) is 15.9 Å². The Morgan fingerprint density at radius 1 is 1.38 bits per heavy atom. The number of benzene rings is 1. The van der Waals surface area contributed by atoms with Crippen LogP contribution < -0.4 is 5.32 Å². The van der Waals surface area contributed by atoms with Gasteiger partial charge in [0, 0.05) is 0 Å². The van der Waals surface area contributed by atoms with Crippen molar-refractivity contribution >= 4 is 28.7 Å². The molecule has 0 saturated carbocycles. The third-order valence-corrected chi connectivity index (χ3v) is 3.26. The van der Waals surface area contributed by atoms with E-state index in [2.05, 4.69) is 10.3 Å². The minimum atomic E-state index is -0.261. The van der Waals surface area contributed by atoms with E-state index in [0.29, 0.717) is 6.01 Å². The van der Waals surface area contributed by atoms with Crippen molar-refractivity contribution in [2.75, 3.05) is 5.32 Å². The number of para-hydroxylation sites is 2. The molecule has 2 rings (SSSR count). The first kappa shape index (κ1) is 11.3. The molecule has 3 nitrogen and oxygen atoms in total. The molecule has 0 saturated heterocycles. The van der Waals surface area contributed by atoms with Gasteiger partial charge in [-0.05, 0) is 32.9 Å². The average Bonchev–Trinajstić information content (AvgIpc) is 2.58. The van der Waals surface area contributed by atoms with E-state index in [4.69, 9.17) is 16.0 Å². The summed E-state index contributed by atoms with van der Waals surface area (Å²) in [6.45, 7) is 5.97. The van der Waals surface area contributed by atoms with Gasteiger partial charge in [0.25, 0.3) is 6.01 Å². The Morgan fingerprint density at radius 3 is 2.69 bits per heavy atom. The second kappa shape index (κ2) is 3.98. The summed E-state index contributed by atoms with van der Waals surface area (Å²) in [6, 6.07) is 8.18. The largest absolute Gasteiger partial charge is 0.424 e. The van der Waals surface area contributed by atoms with Gasteiger partial charge in [0.1, 0.15) is 5.52 Å². The zero-order valence-corrected chi connectivity index (χ0v) is 10.4. The lowest BCUT2D eigenvalue weighted by Gasteiger charge is -2.27. The van der Waals surface area contributed by atoms with Crippen molar-refractivity contribution in [3.8, 4) is 0 Å². The molecular weight excluding hydrogens is 224 g/mol. The molecule has 0 bridgehead atoms. The number of aromatic nitrogens is 1. The summed E-state index contributed by atoms with van der Waals surface area (Å²) in [4.78, 5) is 4.34. The van der Waals surface area contributed by atoms with Gasteiger partial charge in [-0.15, -0.1) is 11.6 Å². The zero-order valence-electron chi connectivity index (χ0n) is 9.62. The molecule has 1 heterocycles. The van der Waals surface area contributed by atoms with E-state index >= 15 is 0 Å². The summed E-state index contributed by atoms with van der Waals surface area (Å²) in [5.41, 5.74) is 1.37. The van der Waals surface area contributed by atoms with Gasteiger partial charge in [-0.2, -0.15) is 4.98 Å². The molecule has 4 heteroatoms. The fraction of sp³-hybridized carbons (Fsp3) is 0.417. The van der Waals surface area contributed by atoms with Crippen LogP contribution in [0.2, 0.25) is 0 Å². The normalized spacial score (nSPS) is 14.0. The van der Waals surface area contributed by atoms with Crippen LogP contribution in [0.1, 0.15) is 20.8 Å². The van der Waals surface area contributed by atoms with Crippen LogP contribution in [-0.2, 0) is 0 Å². The number of fused-ring (bicyclic) bond motifs is 1. The number of anilines is 1. The van der Waals surface area contributed by atoms with E-state index in [9.17, 15) is 0 Å². The van der Waals surface area contributed by atoms with Crippen molar-refractivity contribution in [1.29, 1.82) is 0 Å². The maximum absolute atomic E-state index is 6.09. The van der Waals surface area contributed by atoms with Crippen LogP contribution in [0.4, 0.5) is 6.01 Å². The Bertz CT molecular complexity index is 457. The van der Waals surface area contributed by atoms with Crippen molar-refractivity contribution in [2.24, 2.45) is 0 Å². The Kier molecular flexibility index (Phi) is 2.80. The van der Waals surface area contributed by atoms with Gasteiger partial charge in [-0.25, -0.2) is 0 Å². The van der Waals surface area contributed by atoms with Gasteiger partial charge in [0.2, 0.25) is 0 Å². The first-order chi connectivity index (χ1) is 7.49. The predicted octanol–water partition coefficient (Wildman–Crippen LogP) is 3.65. The van der Waals surface area contributed by atoms with E-state index < -0.39 is 0 Å². The van der Waals surface area contributed by atoms with Crippen molar-refractivity contribution in [2.45, 2.75) is 31.7 Å². The lowest BCUT2D eigenvalue weighted by Crippen LogP contribution is -2.39. The van der Waals surface area contributed by atoms with E-state index in [1.807, 2.05) is 45.0 Å². The average molecular weight is 239 g/mol. The molecule has 86 valence electrons. The second-order valence-electron chi connectivity index (χ2n) is 4.45. The molecule has 1 atom stereocenters. The molecule has 1 aromatic heterocycles. The number of oxazole rings is 1. The summed E-state index contributed by atoms with van der Waals surface area (Å²) >= 11 is 6.09. The summed E-state index contributed by atoms with van der Waals surface area (Å²) in [6.07, 6.45) is 0. The fourth-order valence-electron chi connectivity index (χ4n) is 1.30. The molecular formula is C12H15ClN2O. The van der Waals surface area contributed by atoms with Gasteiger partial charge in [0.05, 0.1) is 10.9 Å². The highest BCUT2D eigenvalue weighted by Gasteiger charge is 2.25. The highest BCUT2D eigenvalue weighted by Crippen LogP contribution is 2.24. The van der Waals surface area contributed by atoms with Crippen LogP contribution in [0.25, 0.3) is 11.1 Å². The van der Waals surface area contributed by atoms with Gasteiger partial charge < -0.3 is 9.73 Å². The first-order valence-corrected chi connectivity index (χ1v) is 5.70. The molecule has 1 N–H and O–H groups in total. The van der Waals surface area contributed by atoms with Crippen molar-refractivity contribution in [1.82, 2.24) is 4.98 Å². The Balaban J connectivity index is 2.28. The van der Waals surface area contributed by atoms with Gasteiger partial charge in [-0.3, -0.25) is 0 Å². The monoisotopic (exact) mass is 238 g/mol. The highest BCUT2D eigenvalue weighted by atomic mass is 35.5. The molecule has 2 aromatic rings. The summed E-state index contributed by atoms with van der Waals surface area (Å²) < 4.78 is 5.57. The van der Waals surface area contributed by atoms with Crippen LogP contribution in [0, 0.1) is 0 Å². The Morgan fingerprint density at radius 2 is 2.06 bits per heavy atom. The molecule has 0 aliphatic heterocycles. The second-order valence-corrected chi connectivity index (χ2v) is 5.10. The quantitative estimate of drug-likeness (QED) is 0.830. The van der Waals surface area contributed by atoms with Gasteiger partial charge in [0.15, 0.2) is 5.58 Å². The maximum atomic E-state index is 6.09. The number of alkyl halides is 1. The van der Waals surface area contributed by atoms with Crippen LogP contribution in [0.5, 0.6) is 0 Å². The molecule has 1 unspecified atom stereocenters. The minimum Gasteiger partial charge on any atom is -0.424 e. The molecule has 0 aliphatic rings. The van der Waals surface area contributed by atoms with Crippen molar-refractivity contribution in [3.05, 3.63) is 24.3 Å². The summed E-state index contributed by atoms with van der Waals surface area (Å²) in [5, 5.41) is 3.17. The SMILES string of the molecule is CC(Cl)C(C)(C)Nc1nc2ccccc2o1. The maximum Gasteiger partial charge on any atom is 0.296 e. The fourth-order valence-corrected chi connectivity index (χ4v) is 1.36. The van der Waals surface area contributed by atoms with E-state index in [1.165, 1.54) is 0 Å². The van der Waals surface area contributed by atoms with Crippen molar-refractivity contribution in [3.63, 3.8) is 0 Å². The third-order valence-electron chi connectivity index (χ3n) is 2.72. The van der Waals surface area contributed by atoms with Crippen LogP contribution in [0.15, 0.2) is 28.7 Å². The Hall–Kier alpha value is -1.22. The third kappa shape index (κ3) is 2.14. The number of halogens is 1. The molecule has 0 radical (unpaired) electrons. The molecule has 0 aliphatic carbocycles. The van der Waals surface area contributed by atoms with Crippen LogP contribution in [0.3, 0.4) is 0 Å². The van der Waals surface area contributed by atoms with Gasteiger partial charge in [-0.1, -0.05) is 12.1 Å². The molecule has 0 fully saturated rings. The van der Waals surface area contributed by atoms with Crippen LogP contribution >= 0.6 is 11.6 Å². The smallest absolute Gasteiger partial charge is 0.296 e. The van der Waals surface area contributed by atoms with E-state index in [1.54, 1.807) is 0 Å². The molecule has 0 amide bonds. The van der Waals surface area contributed by atoms with Gasteiger partial charge >= 0.3 is 0 Å². The molecule has 16 heavy (non-hydrogen) atoms. The molecule has 1 aromatic carbocycles. The topological polar surface area (TPSA) is 38.1 Å². The standard InChI is InChI=1S/C12H15ClN2O/c1-8(13)12(2,3)15-11-14-9-6-4-5-7-10(9)16-11/h4-8H,1-3H3,(H,14,15). The highest BCUT2D eigenvalue weighted by molar-refractivity contribution is 6.21. The molecule has 0 spiro atoms. The lowest BCUT2D eigenvalue weighted by atomic mass is 10.0. The zero-order chi connectivity index (χ0) is 11.8. The van der Waals surface area contributed by atoms with E-state index in [0.717, 1.165) is 11.1 Å². The number of hydrogen-bond acceptors (Lipinski definition) is 3. The van der Waals surface area contributed by atoms with Crippen molar-refractivity contribution < 1.29 is 4.42 Å². The minimum absolute atomic E-state index is 0.0255. The summed E-state index contributed by atoms with van der Waals surface area (Å²) in [5.74, 6) is 0. The number of nitrogens with one attached hydrogen (secondary N) is 1. The number of rotatable bonds is 3. The number of hydrogen-bond donors (Lipinski definition) is 1. The van der Waals surface area contributed by atoms with E-state index in [-0.39, 0.29) is 10.9 Å². The summed E-state index contributed by atoms with van der Waals surface area (Å²) in [7, 11) is 0. The Labute approximate surface area is 99.8 Å². The number of nitrogens with zero attached hydrogens (tertiary/aromatic N) is 1. The predicted molar refractivity (Wildman–Crippen MR) is 67.0 cm³/mol. The first-order valence-electron chi connectivity index (χ1n) is 5.27.